The number of carbonyl (C=O) groups is 6. The molecule has 5 fully saturated rings. The van der Waals surface area contributed by atoms with Gasteiger partial charge < -0.3 is 33.6 Å². The average molecular weight is 1700 g/mol. The summed E-state index contributed by atoms with van der Waals surface area (Å²) in [4.78, 5) is 125. The van der Waals surface area contributed by atoms with E-state index in [1.807, 2.05) is 117 Å². The Labute approximate surface area is 713 Å². The first-order chi connectivity index (χ1) is 60.0. The summed E-state index contributed by atoms with van der Waals surface area (Å²) < 4.78 is 78.4. The van der Waals surface area contributed by atoms with Crippen LogP contribution >= 0.6 is 0 Å². The van der Waals surface area contributed by atoms with E-state index in [9.17, 15) is 46.3 Å². The molecule has 0 spiro atoms. The van der Waals surface area contributed by atoms with Crippen LogP contribution in [0.25, 0.3) is 84.1 Å². The Morgan fingerprint density at radius 1 is 0.472 bits per heavy atom. The molecule has 14 aromatic heterocycles. The predicted octanol–water partition coefficient (Wildman–Crippen LogP) is 13.6. The number of ether oxygens (including phenoxy) is 2. The van der Waals surface area contributed by atoms with Gasteiger partial charge in [0.25, 0.3) is 23.6 Å². The fraction of sp³-hybridized carbons (Fsp3) is 0.352. The number of tetrazole rings is 1. The maximum atomic E-state index is 14.1. The van der Waals surface area contributed by atoms with Crippen LogP contribution in [0.1, 0.15) is 139 Å². The van der Waals surface area contributed by atoms with E-state index < -0.39 is 34.9 Å². The van der Waals surface area contributed by atoms with Gasteiger partial charge in [-0.3, -0.25) is 62.2 Å². The molecule has 19 rings (SSSR count). The zero-order valence-corrected chi connectivity index (χ0v) is 70.0. The molecule has 125 heavy (non-hydrogen) atoms. The van der Waals surface area contributed by atoms with Gasteiger partial charge in [0.2, 0.25) is 11.7 Å². The van der Waals surface area contributed by atoms with Crippen molar-refractivity contribution < 1.29 is 60.3 Å². The standard InChI is InChI=1S/C22H23FN8O.C22H21FN6O2.C22H22FN5O3.C22H24FN5O3/c1-3-19-26-28-31(27-19)18-11-17(13-24-14-18)30-7-4-15-10-16(12-25-20(15)30)21(32)29-8-5-22(2,23)6-9-29;1-14-26-19(27-31-14)18-4-3-17(13-24-18)29-8-5-15-11-16(12-25-20(15)29)21(30)28-9-6-22(2,23)7-10-28;1-22(23)5-8-26(9-6-22)20(29)16-12-15-4-7-27(19(15)25-13-16)17-2-3-18(24-14-17)28-10-11-31-21(28)30;1-22(23)5-8-27(9-6-22)20(29)16-10-15-4-7-28(19(15)25-12-16)18-11-17(13-24-14-18)26(2)21(30)31-3/h4,7,10-14H,3,5-6,8-9H2,1-2H3;3-5,8,11-13H,6-7,9-10H2,1-2H3;2-4,7,12-14H,5-6,8-11H2,1H3;4,7,10-14H,5-6,8-9H2,1-3H3. The molecule has 33 nitrogen and oxygen atoms in total. The first kappa shape index (κ1) is 84.3. The summed E-state index contributed by atoms with van der Waals surface area (Å²) in [5.74, 6) is 1.63. The van der Waals surface area contributed by atoms with Gasteiger partial charge in [0.1, 0.15) is 69.1 Å². The molecule has 14 aromatic rings. The topological polar surface area (TPSA) is 346 Å². The summed E-state index contributed by atoms with van der Waals surface area (Å²) in [6, 6.07) is 25.9. The molecule has 0 bridgehead atoms. The third kappa shape index (κ3) is 18.6. The summed E-state index contributed by atoms with van der Waals surface area (Å²) in [5.41, 5.74) is 4.96. The van der Waals surface area contributed by atoms with E-state index in [1.54, 1.807) is 141 Å². The van der Waals surface area contributed by atoms with E-state index in [-0.39, 0.29) is 23.6 Å². The fourth-order valence-corrected chi connectivity index (χ4v) is 15.3. The number of likely N-dealkylation sites (tertiary alicyclic amines) is 4. The van der Waals surface area contributed by atoms with E-state index in [4.69, 9.17) is 14.0 Å². The number of methoxy groups -OCH3 is 1. The summed E-state index contributed by atoms with van der Waals surface area (Å²) in [5, 5.41) is 19.6. The molecule has 0 N–H and O–H groups in total. The second-order valence-corrected chi connectivity index (χ2v) is 32.5. The van der Waals surface area contributed by atoms with Crippen molar-refractivity contribution in [3.63, 3.8) is 0 Å². The van der Waals surface area contributed by atoms with Crippen molar-refractivity contribution in [2.24, 2.45) is 0 Å². The van der Waals surface area contributed by atoms with Gasteiger partial charge in [0.15, 0.2) is 5.82 Å². The van der Waals surface area contributed by atoms with Crippen LogP contribution in [0.2, 0.25) is 0 Å². The van der Waals surface area contributed by atoms with Crippen LogP contribution in [-0.2, 0) is 15.9 Å². The van der Waals surface area contributed by atoms with Gasteiger partial charge in [0.05, 0.1) is 102 Å². The smallest absolute Gasteiger partial charge is 0.415 e. The van der Waals surface area contributed by atoms with Crippen molar-refractivity contribution in [1.29, 1.82) is 0 Å². The first-order valence-electron chi connectivity index (χ1n) is 41.0. The lowest BCUT2D eigenvalue weighted by molar-refractivity contribution is 0.0493. The van der Waals surface area contributed by atoms with Gasteiger partial charge in [0, 0.05) is 144 Å². The van der Waals surface area contributed by atoms with Crippen LogP contribution < -0.4 is 9.80 Å². The maximum absolute atomic E-state index is 14.1. The highest BCUT2D eigenvalue weighted by Gasteiger charge is 2.37. The highest BCUT2D eigenvalue weighted by molar-refractivity contribution is 6.00. The number of cyclic esters (lactones) is 1. The summed E-state index contributed by atoms with van der Waals surface area (Å²) in [6.07, 6.45) is 26.4. The molecule has 0 aromatic carbocycles. The lowest BCUT2D eigenvalue weighted by Gasteiger charge is -2.34. The Hall–Kier alpha value is -14.3. The van der Waals surface area contributed by atoms with Crippen molar-refractivity contribution in [2.45, 2.75) is 122 Å². The fourth-order valence-electron chi connectivity index (χ4n) is 15.3. The summed E-state index contributed by atoms with van der Waals surface area (Å²) >= 11 is 0. The maximum Gasteiger partial charge on any atom is 0.415 e. The van der Waals surface area contributed by atoms with E-state index in [0.717, 1.165) is 44.3 Å². The number of anilines is 2. The molecule has 5 aliphatic heterocycles. The molecule has 5 saturated heterocycles. The lowest BCUT2D eigenvalue weighted by atomic mass is 9.95. The van der Waals surface area contributed by atoms with Crippen LogP contribution in [-0.4, -0.2) is 246 Å². The number of fused-ring (bicyclic) bond motifs is 4. The highest BCUT2D eigenvalue weighted by Crippen LogP contribution is 2.34. The average Bonchev–Trinajstić information content (AvgIpc) is 1.67. The van der Waals surface area contributed by atoms with E-state index in [2.05, 4.69) is 65.4 Å². The number of amides is 6. The first-order valence-corrected chi connectivity index (χ1v) is 41.0. The van der Waals surface area contributed by atoms with Crippen LogP contribution in [0.4, 0.5) is 38.7 Å². The molecular weight excluding hydrogens is 1610 g/mol. The van der Waals surface area contributed by atoms with Crippen LogP contribution in [0.15, 0.2) is 176 Å². The predicted molar refractivity (Wildman–Crippen MR) is 454 cm³/mol. The number of carbonyl (C=O) groups excluding carboxylic acids is 6. The highest BCUT2D eigenvalue weighted by atomic mass is 19.2. The lowest BCUT2D eigenvalue weighted by Crippen LogP contribution is -2.43. The number of hydrogen-bond acceptors (Lipinski definition) is 22. The molecule has 19 heterocycles. The normalized spacial score (nSPS) is 16.5. The number of alkyl halides is 4. The van der Waals surface area contributed by atoms with Gasteiger partial charge in [-0.1, -0.05) is 12.1 Å². The minimum Gasteiger partial charge on any atom is -0.452 e. The zero-order valence-electron chi connectivity index (χ0n) is 70.0. The third-order valence-electron chi connectivity index (χ3n) is 23.1. The van der Waals surface area contributed by atoms with Crippen molar-refractivity contribution in [3.8, 4) is 40.0 Å². The second kappa shape index (κ2) is 34.9. The van der Waals surface area contributed by atoms with E-state index in [1.165, 1.54) is 21.7 Å². The second-order valence-electron chi connectivity index (χ2n) is 32.5. The van der Waals surface area contributed by atoms with Crippen LogP contribution in [0.5, 0.6) is 0 Å². The van der Waals surface area contributed by atoms with Crippen molar-refractivity contribution >= 4 is 91.5 Å². The number of aryl methyl sites for hydroxylation is 2. The molecule has 0 atom stereocenters. The van der Waals surface area contributed by atoms with Gasteiger partial charge >= 0.3 is 12.2 Å². The van der Waals surface area contributed by atoms with Crippen LogP contribution in [0, 0.1) is 6.92 Å². The molecular formula is C88H90F4N24O9. The Balaban J connectivity index is 0.000000123. The Morgan fingerprint density at radius 2 is 0.872 bits per heavy atom. The minimum absolute atomic E-state index is 0.112. The Bertz CT molecular complexity index is 6340. The number of nitrogens with zero attached hydrogens (tertiary/aromatic N) is 24. The quantitative estimate of drug-likeness (QED) is 0.0968. The van der Waals surface area contributed by atoms with Gasteiger partial charge in [-0.2, -0.15) is 4.98 Å². The minimum atomic E-state index is -1.21. The molecule has 0 unspecified atom stereocenters. The molecule has 6 amide bonds. The molecule has 0 saturated carbocycles. The molecule has 5 aliphatic rings. The number of pyridine rings is 8. The Kier molecular flexibility index (Phi) is 23.6. The largest absolute Gasteiger partial charge is 0.452 e. The molecule has 0 radical (unpaired) electrons. The number of aromatic nitrogens is 18. The van der Waals surface area contributed by atoms with Crippen molar-refractivity contribution in [2.75, 3.05) is 89.5 Å². The van der Waals surface area contributed by atoms with E-state index >= 15 is 0 Å². The molecule has 644 valence electrons. The zero-order chi connectivity index (χ0) is 87.6. The van der Waals surface area contributed by atoms with Gasteiger partial charge in [-0.05, 0) is 169 Å². The van der Waals surface area contributed by atoms with Crippen molar-refractivity contribution in [3.05, 3.63) is 206 Å². The number of piperidine rings is 4. The number of rotatable bonds is 13. The Morgan fingerprint density at radius 3 is 1.23 bits per heavy atom. The summed E-state index contributed by atoms with van der Waals surface area (Å²) in [6.45, 7) is 14.2. The SMILES string of the molecule is CC1(F)CCN(C(=O)c2cnc3c(ccn3-c3ccc(N4CCOC4=O)nc3)c2)CC1.CCc1nnn(-c2cncc(-n3ccc4cc(C(=O)N5CCC(C)(F)CC5)cnc43)c2)n1.COC(=O)N(C)c1cncc(-n2ccc3cc(C(=O)N4CCC(C)(F)CC4)cnc32)c1.Cc1nc(-c2ccc(-n3ccc4cc(C(=O)N5CCC(C)(F)CC5)cnc43)cn2)no1. The summed E-state index contributed by atoms with van der Waals surface area (Å²) in [7, 11) is 2.92. The number of hydrogen-bond donors (Lipinski definition) is 0. The molecule has 37 heteroatoms. The third-order valence-corrected chi connectivity index (χ3v) is 23.1. The van der Waals surface area contributed by atoms with Gasteiger partial charge in [-0.15, -0.1) is 15.0 Å². The van der Waals surface area contributed by atoms with Crippen molar-refractivity contribution in [1.82, 2.24) is 108 Å². The van der Waals surface area contributed by atoms with Crippen LogP contribution in [0.3, 0.4) is 0 Å². The number of halogens is 4. The van der Waals surface area contributed by atoms with E-state index in [0.29, 0.717) is 209 Å². The van der Waals surface area contributed by atoms with Gasteiger partial charge in [-0.25, -0.2) is 52.1 Å². The monoisotopic (exact) mass is 1700 g/mol. The molecule has 0 aliphatic carbocycles.